The molecule has 0 bridgehead atoms. The Kier molecular flexibility index (Phi) is 6.98. The van der Waals surface area contributed by atoms with Crippen molar-refractivity contribution in [1.29, 1.82) is 0 Å². The average Bonchev–Trinajstić information content (AvgIpc) is 3.52. The van der Waals surface area contributed by atoms with Crippen LogP contribution < -0.4 is 26.3 Å². The summed E-state index contributed by atoms with van der Waals surface area (Å²) in [5, 5.41) is 2.96. The third-order valence-corrected chi connectivity index (χ3v) is 5.65. The molecule has 34 heavy (non-hydrogen) atoms. The van der Waals surface area contributed by atoms with Crippen LogP contribution in [0.4, 0.5) is 8.78 Å². The fourth-order valence-corrected chi connectivity index (χ4v) is 3.63. The molecule has 2 aliphatic rings. The van der Waals surface area contributed by atoms with E-state index in [4.69, 9.17) is 20.6 Å². The van der Waals surface area contributed by atoms with E-state index in [9.17, 15) is 18.4 Å². The maximum absolute atomic E-state index is 13.2. The molecule has 2 unspecified atom stereocenters. The number of nitrogens with two attached hydrogens (primary N) is 2. The number of aromatic nitrogens is 1. The third-order valence-electron chi connectivity index (χ3n) is 5.65. The van der Waals surface area contributed by atoms with E-state index in [0.717, 1.165) is 12.8 Å². The molecule has 0 radical (unpaired) electrons. The number of alkyl halides is 2. The van der Waals surface area contributed by atoms with Gasteiger partial charge in [0.2, 0.25) is 11.8 Å². The minimum Gasteiger partial charge on any atom is -0.489 e. The van der Waals surface area contributed by atoms with Gasteiger partial charge in [-0.1, -0.05) is 0 Å². The summed E-state index contributed by atoms with van der Waals surface area (Å²) >= 11 is 0. The summed E-state index contributed by atoms with van der Waals surface area (Å²) in [6.45, 7) is -0.143. The molecule has 2 fully saturated rings. The van der Waals surface area contributed by atoms with Crippen LogP contribution in [0.1, 0.15) is 42.1 Å². The summed E-state index contributed by atoms with van der Waals surface area (Å²) in [4.78, 5) is 30.6. The highest BCUT2D eigenvalue weighted by atomic mass is 19.3. The Morgan fingerprint density at radius 2 is 2.09 bits per heavy atom. The molecule has 4 rings (SSSR count). The van der Waals surface area contributed by atoms with Gasteiger partial charge in [0.25, 0.3) is 5.91 Å². The molecule has 1 aromatic carbocycles. The van der Waals surface area contributed by atoms with Crippen LogP contribution in [0, 0.1) is 5.92 Å². The summed E-state index contributed by atoms with van der Waals surface area (Å²) in [6, 6.07) is 2.99. The van der Waals surface area contributed by atoms with E-state index in [1.165, 1.54) is 23.1 Å². The van der Waals surface area contributed by atoms with Gasteiger partial charge in [0.1, 0.15) is 6.04 Å². The van der Waals surface area contributed by atoms with Crippen LogP contribution in [0.3, 0.4) is 0 Å². The number of ether oxygens (including phenoxy) is 2. The number of nitrogens with zero attached hydrogens (tertiary/aromatic N) is 2. The lowest BCUT2D eigenvalue weighted by Gasteiger charge is -2.31. The quantitative estimate of drug-likeness (QED) is 0.492. The molecule has 2 atom stereocenters. The van der Waals surface area contributed by atoms with Gasteiger partial charge < -0.3 is 35.6 Å². The highest BCUT2D eigenvalue weighted by molar-refractivity contribution is 5.94. The van der Waals surface area contributed by atoms with Gasteiger partial charge in [-0.05, 0) is 43.9 Å². The van der Waals surface area contributed by atoms with E-state index in [0.29, 0.717) is 31.2 Å². The number of halogens is 2. The Morgan fingerprint density at radius 3 is 2.74 bits per heavy atom. The van der Waals surface area contributed by atoms with E-state index in [2.05, 4.69) is 15.0 Å². The molecule has 2 aromatic rings. The molecule has 1 saturated carbocycles. The summed E-state index contributed by atoms with van der Waals surface area (Å²) in [5.41, 5.74) is 11.8. The van der Waals surface area contributed by atoms with Crippen molar-refractivity contribution < 1.29 is 32.3 Å². The van der Waals surface area contributed by atoms with Crippen molar-refractivity contribution in [2.24, 2.45) is 17.4 Å². The minimum atomic E-state index is -3.01. The number of carbonyl (C=O) groups excluding carboxylic acids is 2. The lowest BCUT2D eigenvalue weighted by Crippen LogP contribution is -2.57. The van der Waals surface area contributed by atoms with Crippen LogP contribution in [0.25, 0.3) is 11.5 Å². The standard InChI is InChI=1S/C22H27F2N5O5/c1-11(25)18-17(21(31)29-7-6-27-14(9-29)19(26)30)28-20(34-18)13-4-5-15(33-22(23)24)16(8-13)32-10-12-2-3-12/h4-5,8,11-12,14,22,27H,2-3,6-7,9-10,25H2,1H3,(H2,26,30). The number of carbonyl (C=O) groups is 2. The van der Waals surface area contributed by atoms with Crippen molar-refractivity contribution in [3.63, 3.8) is 0 Å². The smallest absolute Gasteiger partial charge is 0.387 e. The maximum Gasteiger partial charge on any atom is 0.387 e. The van der Waals surface area contributed by atoms with Crippen LogP contribution in [0.15, 0.2) is 22.6 Å². The molecule has 1 aliphatic carbocycles. The fourth-order valence-electron chi connectivity index (χ4n) is 3.63. The maximum atomic E-state index is 13.2. The van der Waals surface area contributed by atoms with Gasteiger partial charge in [-0.15, -0.1) is 0 Å². The second-order valence-electron chi connectivity index (χ2n) is 8.48. The Labute approximate surface area is 194 Å². The fraction of sp³-hybridized carbons (Fsp3) is 0.500. The number of amides is 2. The van der Waals surface area contributed by atoms with Gasteiger partial charge in [-0.3, -0.25) is 9.59 Å². The molecule has 2 heterocycles. The Balaban J connectivity index is 1.63. The highest BCUT2D eigenvalue weighted by Crippen LogP contribution is 2.37. The molecule has 12 heteroatoms. The van der Waals surface area contributed by atoms with Crippen molar-refractivity contribution in [2.45, 2.75) is 38.5 Å². The lowest BCUT2D eigenvalue weighted by molar-refractivity contribution is -0.120. The number of hydrogen-bond acceptors (Lipinski definition) is 8. The van der Waals surface area contributed by atoms with E-state index in [1.807, 2.05) is 0 Å². The Hall–Kier alpha value is -3.25. The van der Waals surface area contributed by atoms with E-state index in [1.54, 1.807) is 6.92 Å². The van der Waals surface area contributed by atoms with Crippen LogP contribution in [0.2, 0.25) is 0 Å². The summed E-state index contributed by atoms with van der Waals surface area (Å²) in [7, 11) is 0. The van der Waals surface area contributed by atoms with Gasteiger partial charge in [0, 0.05) is 25.2 Å². The average molecular weight is 479 g/mol. The van der Waals surface area contributed by atoms with E-state index < -0.39 is 30.5 Å². The third kappa shape index (κ3) is 5.45. The Bertz CT molecular complexity index is 1060. The largest absolute Gasteiger partial charge is 0.489 e. The SMILES string of the molecule is CC(N)c1oc(-c2ccc(OC(F)F)c(OCC3CC3)c2)nc1C(=O)N1CCNC(C(N)=O)C1. The first-order chi connectivity index (χ1) is 16.2. The van der Waals surface area contributed by atoms with Crippen molar-refractivity contribution in [1.82, 2.24) is 15.2 Å². The van der Waals surface area contributed by atoms with Crippen LogP contribution in [0.5, 0.6) is 11.5 Å². The molecule has 1 aromatic heterocycles. The zero-order chi connectivity index (χ0) is 24.4. The van der Waals surface area contributed by atoms with Crippen LogP contribution in [-0.2, 0) is 4.79 Å². The molecule has 2 amide bonds. The number of benzene rings is 1. The highest BCUT2D eigenvalue weighted by Gasteiger charge is 2.32. The molecular formula is C22H27F2N5O5. The zero-order valence-electron chi connectivity index (χ0n) is 18.6. The number of primary amides is 1. The predicted octanol–water partition coefficient (Wildman–Crippen LogP) is 1.65. The van der Waals surface area contributed by atoms with Crippen LogP contribution >= 0.6 is 0 Å². The normalized spacial score (nSPS) is 19.2. The topological polar surface area (TPSA) is 146 Å². The molecule has 1 saturated heterocycles. The zero-order valence-corrected chi connectivity index (χ0v) is 18.6. The molecular weight excluding hydrogens is 452 g/mol. The lowest BCUT2D eigenvalue weighted by atomic mass is 10.1. The van der Waals surface area contributed by atoms with Crippen molar-refractivity contribution >= 4 is 11.8 Å². The van der Waals surface area contributed by atoms with Crippen molar-refractivity contribution in [3.05, 3.63) is 29.7 Å². The van der Waals surface area contributed by atoms with E-state index >= 15 is 0 Å². The molecule has 10 nitrogen and oxygen atoms in total. The summed E-state index contributed by atoms with van der Waals surface area (Å²) in [5.74, 6) is -0.340. The van der Waals surface area contributed by atoms with Gasteiger partial charge in [0.15, 0.2) is 23.0 Å². The second-order valence-corrected chi connectivity index (χ2v) is 8.48. The first kappa shape index (κ1) is 23.9. The second kappa shape index (κ2) is 9.94. The number of piperazine rings is 1. The molecule has 0 spiro atoms. The first-order valence-corrected chi connectivity index (χ1v) is 11.0. The number of rotatable bonds is 9. The van der Waals surface area contributed by atoms with Gasteiger partial charge in [-0.25, -0.2) is 4.98 Å². The van der Waals surface area contributed by atoms with E-state index in [-0.39, 0.29) is 35.4 Å². The predicted molar refractivity (Wildman–Crippen MR) is 116 cm³/mol. The Morgan fingerprint density at radius 1 is 1.32 bits per heavy atom. The van der Waals surface area contributed by atoms with Gasteiger partial charge in [0.05, 0.1) is 12.6 Å². The number of oxazole rings is 1. The van der Waals surface area contributed by atoms with Gasteiger partial charge >= 0.3 is 6.61 Å². The molecule has 1 aliphatic heterocycles. The molecule has 5 N–H and O–H groups in total. The molecule has 184 valence electrons. The van der Waals surface area contributed by atoms with Crippen molar-refractivity contribution in [2.75, 3.05) is 26.2 Å². The number of hydrogen-bond donors (Lipinski definition) is 3. The summed E-state index contributed by atoms with van der Waals surface area (Å²) < 4.78 is 41.8. The first-order valence-electron chi connectivity index (χ1n) is 11.0. The van der Waals surface area contributed by atoms with Gasteiger partial charge in [-0.2, -0.15) is 8.78 Å². The minimum absolute atomic E-state index is 0.0171. The van der Waals surface area contributed by atoms with Crippen LogP contribution in [-0.4, -0.2) is 60.6 Å². The number of nitrogens with one attached hydrogen (secondary N) is 1. The monoisotopic (exact) mass is 479 g/mol. The van der Waals surface area contributed by atoms with Crippen molar-refractivity contribution in [3.8, 4) is 23.0 Å². The summed E-state index contributed by atoms with van der Waals surface area (Å²) in [6.07, 6.45) is 2.05.